The highest BCUT2D eigenvalue weighted by Gasteiger charge is 2.26. The van der Waals surface area contributed by atoms with Crippen molar-refractivity contribution in [3.63, 3.8) is 0 Å². The van der Waals surface area contributed by atoms with Gasteiger partial charge in [0.25, 0.3) is 5.91 Å². The van der Waals surface area contributed by atoms with E-state index in [1.807, 2.05) is 11.0 Å². The molecule has 24 heavy (non-hydrogen) atoms. The zero-order chi connectivity index (χ0) is 16.9. The van der Waals surface area contributed by atoms with Crippen molar-refractivity contribution < 1.29 is 4.79 Å². The summed E-state index contributed by atoms with van der Waals surface area (Å²) in [6.45, 7) is 5.71. The van der Waals surface area contributed by atoms with Gasteiger partial charge in [0.1, 0.15) is 0 Å². The smallest absolute Gasteiger partial charge is 0.253 e. The molecule has 0 spiro atoms. The van der Waals surface area contributed by atoms with Gasteiger partial charge in [-0.3, -0.25) is 9.69 Å². The monoisotopic (exact) mass is 342 g/mol. The highest BCUT2D eigenvalue weighted by Crippen LogP contribution is 2.16. The lowest BCUT2D eigenvalue weighted by atomic mass is 10.1. The molecule has 3 nitrogen and oxygen atoms in total. The number of nitrogens with zero attached hydrogens (tertiary/aromatic N) is 2. The van der Waals surface area contributed by atoms with E-state index < -0.39 is 0 Å². The highest BCUT2D eigenvalue weighted by molar-refractivity contribution is 6.30. The van der Waals surface area contributed by atoms with Crippen molar-refractivity contribution in [1.82, 2.24) is 9.80 Å². The molecule has 126 valence electrons. The topological polar surface area (TPSA) is 23.6 Å². The number of halogens is 1. The Hall–Kier alpha value is -1.84. The maximum atomic E-state index is 12.6. The van der Waals surface area contributed by atoms with E-state index in [4.69, 9.17) is 11.6 Å². The minimum absolute atomic E-state index is 0.0984. The maximum absolute atomic E-state index is 12.6. The van der Waals surface area contributed by atoms with Crippen LogP contribution in [0.2, 0.25) is 5.02 Å². The number of piperazine rings is 1. The van der Waals surface area contributed by atoms with Gasteiger partial charge in [-0.15, -0.1) is 0 Å². The fourth-order valence-electron chi connectivity index (χ4n) is 3.20. The first-order valence-corrected chi connectivity index (χ1v) is 8.84. The molecular weight excluding hydrogens is 320 g/mol. The van der Waals surface area contributed by atoms with E-state index in [9.17, 15) is 4.79 Å². The molecule has 0 saturated carbocycles. The number of hydrogen-bond donors (Lipinski definition) is 0. The normalized spacial score (nSPS) is 18.6. The van der Waals surface area contributed by atoms with E-state index in [2.05, 4.69) is 36.1 Å². The Morgan fingerprint density at radius 2 is 1.79 bits per heavy atom. The third kappa shape index (κ3) is 4.16. The molecule has 1 saturated heterocycles. The number of rotatable bonds is 4. The quantitative estimate of drug-likeness (QED) is 0.845. The van der Waals surface area contributed by atoms with Crippen molar-refractivity contribution in [2.24, 2.45) is 0 Å². The van der Waals surface area contributed by atoms with Gasteiger partial charge in [0.15, 0.2) is 0 Å². The molecule has 2 aromatic carbocycles. The van der Waals surface area contributed by atoms with Crippen molar-refractivity contribution >= 4 is 17.5 Å². The Morgan fingerprint density at radius 1 is 1.08 bits per heavy atom. The molecule has 0 aliphatic carbocycles. The predicted octanol–water partition coefficient (Wildman–Crippen LogP) is 3.73. The van der Waals surface area contributed by atoms with E-state index >= 15 is 0 Å². The third-order valence-corrected chi connectivity index (χ3v) is 4.93. The molecule has 1 amide bonds. The summed E-state index contributed by atoms with van der Waals surface area (Å²) in [6.07, 6.45) is 1.05. The molecule has 1 aliphatic heterocycles. The van der Waals surface area contributed by atoms with E-state index in [0.717, 1.165) is 32.6 Å². The van der Waals surface area contributed by atoms with Gasteiger partial charge >= 0.3 is 0 Å². The molecule has 3 rings (SSSR count). The molecule has 2 aromatic rings. The fourth-order valence-corrected chi connectivity index (χ4v) is 3.33. The van der Waals surface area contributed by atoms with Crippen LogP contribution in [-0.4, -0.2) is 47.9 Å². The molecule has 1 unspecified atom stereocenters. The second-order valence-corrected chi connectivity index (χ2v) is 6.82. The van der Waals surface area contributed by atoms with Gasteiger partial charge in [0.2, 0.25) is 0 Å². The zero-order valence-electron chi connectivity index (χ0n) is 14.0. The van der Waals surface area contributed by atoms with Crippen LogP contribution in [0.1, 0.15) is 22.8 Å². The van der Waals surface area contributed by atoms with Crippen molar-refractivity contribution in [3.05, 3.63) is 70.7 Å². The van der Waals surface area contributed by atoms with Crippen LogP contribution in [0, 0.1) is 0 Å². The fraction of sp³-hybridized carbons (Fsp3) is 0.350. The lowest BCUT2D eigenvalue weighted by molar-refractivity contribution is 0.0518. The summed E-state index contributed by atoms with van der Waals surface area (Å²) in [5.74, 6) is 0.0984. The van der Waals surface area contributed by atoms with E-state index in [-0.39, 0.29) is 5.91 Å². The van der Waals surface area contributed by atoms with E-state index in [1.54, 1.807) is 24.3 Å². The average Bonchev–Trinajstić information content (AvgIpc) is 2.61. The van der Waals surface area contributed by atoms with Crippen LogP contribution in [0.25, 0.3) is 0 Å². The van der Waals surface area contributed by atoms with Crippen LogP contribution in [0.5, 0.6) is 0 Å². The molecule has 0 bridgehead atoms. The standard InChI is InChI=1S/C20H23ClN2O/c1-16-15-23(20(24)18-7-9-19(21)10-8-18)14-13-22(16)12-11-17-5-3-2-4-6-17/h2-10,16H,11-15H2,1H3. The number of carbonyl (C=O) groups is 1. The molecule has 0 radical (unpaired) electrons. The Balaban J connectivity index is 1.54. The molecule has 1 fully saturated rings. The van der Waals surface area contributed by atoms with Gasteiger partial charge in [-0.05, 0) is 43.2 Å². The molecule has 1 aliphatic rings. The Kier molecular flexibility index (Phi) is 5.54. The third-order valence-electron chi connectivity index (χ3n) is 4.67. The Bertz CT molecular complexity index is 672. The Labute approximate surface area is 148 Å². The van der Waals surface area contributed by atoms with E-state index in [1.165, 1.54) is 5.56 Å². The minimum Gasteiger partial charge on any atom is -0.336 e. The molecular formula is C20H23ClN2O. The van der Waals surface area contributed by atoms with Gasteiger partial charge in [-0.1, -0.05) is 41.9 Å². The zero-order valence-corrected chi connectivity index (χ0v) is 14.7. The summed E-state index contributed by atoms with van der Waals surface area (Å²) >= 11 is 5.90. The summed E-state index contributed by atoms with van der Waals surface area (Å²) in [5.41, 5.74) is 2.08. The summed E-state index contributed by atoms with van der Waals surface area (Å²) in [5, 5.41) is 0.658. The molecule has 0 aromatic heterocycles. The van der Waals surface area contributed by atoms with Gasteiger partial charge < -0.3 is 4.90 Å². The van der Waals surface area contributed by atoms with E-state index in [0.29, 0.717) is 16.6 Å². The van der Waals surface area contributed by atoms with Crippen LogP contribution >= 0.6 is 11.6 Å². The van der Waals surface area contributed by atoms with Crippen LogP contribution in [0.4, 0.5) is 0 Å². The van der Waals surface area contributed by atoms with Gasteiger partial charge in [0, 0.05) is 42.8 Å². The van der Waals surface area contributed by atoms with Crippen LogP contribution in [0.15, 0.2) is 54.6 Å². The van der Waals surface area contributed by atoms with Gasteiger partial charge in [0.05, 0.1) is 0 Å². The van der Waals surface area contributed by atoms with Gasteiger partial charge in [-0.25, -0.2) is 0 Å². The predicted molar refractivity (Wildman–Crippen MR) is 98.5 cm³/mol. The van der Waals surface area contributed by atoms with Crippen molar-refractivity contribution in [2.75, 3.05) is 26.2 Å². The molecule has 0 N–H and O–H groups in total. The highest BCUT2D eigenvalue weighted by atomic mass is 35.5. The SMILES string of the molecule is CC1CN(C(=O)c2ccc(Cl)cc2)CCN1CCc1ccccc1. The largest absolute Gasteiger partial charge is 0.336 e. The van der Waals surface area contributed by atoms with Crippen LogP contribution in [-0.2, 0) is 6.42 Å². The second kappa shape index (κ2) is 7.82. The van der Waals surface area contributed by atoms with Gasteiger partial charge in [-0.2, -0.15) is 0 Å². The Morgan fingerprint density at radius 3 is 2.46 bits per heavy atom. The molecule has 1 heterocycles. The van der Waals surface area contributed by atoms with Crippen LogP contribution in [0.3, 0.4) is 0 Å². The lowest BCUT2D eigenvalue weighted by Crippen LogP contribution is -2.53. The summed E-state index contributed by atoms with van der Waals surface area (Å²) in [6, 6.07) is 18.1. The first-order chi connectivity index (χ1) is 11.6. The number of carbonyl (C=O) groups excluding carboxylic acids is 1. The first-order valence-electron chi connectivity index (χ1n) is 8.46. The lowest BCUT2D eigenvalue weighted by Gasteiger charge is -2.40. The number of benzene rings is 2. The molecule has 1 atom stereocenters. The second-order valence-electron chi connectivity index (χ2n) is 6.38. The number of hydrogen-bond acceptors (Lipinski definition) is 2. The summed E-state index contributed by atoms with van der Waals surface area (Å²) < 4.78 is 0. The number of amides is 1. The summed E-state index contributed by atoms with van der Waals surface area (Å²) in [4.78, 5) is 17.0. The first kappa shape index (κ1) is 17.0. The minimum atomic E-state index is 0.0984. The molecule has 4 heteroatoms. The summed E-state index contributed by atoms with van der Waals surface area (Å²) in [7, 11) is 0. The maximum Gasteiger partial charge on any atom is 0.253 e. The average molecular weight is 343 g/mol. The van der Waals surface area contributed by atoms with Crippen molar-refractivity contribution in [3.8, 4) is 0 Å². The van der Waals surface area contributed by atoms with Crippen molar-refractivity contribution in [1.29, 1.82) is 0 Å². The van der Waals surface area contributed by atoms with Crippen LogP contribution < -0.4 is 0 Å². The van der Waals surface area contributed by atoms with Crippen molar-refractivity contribution in [2.45, 2.75) is 19.4 Å².